The summed E-state index contributed by atoms with van der Waals surface area (Å²) < 4.78 is 11.6. The van der Waals surface area contributed by atoms with Crippen molar-refractivity contribution >= 4 is 15.9 Å². The Balaban J connectivity index is 2.02. The van der Waals surface area contributed by atoms with Gasteiger partial charge in [0.1, 0.15) is 22.7 Å². The van der Waals surface area contributed by atoms with E-state index in [0.29, 0.717) is 6.61 Å². The number of hydrogen-bond donors (Lipinski definition) is 0. The summed E-state index contributed by atoms with van der Waals surface area (Å²) in [7, 11) is 1.63. The average Bonchev–Trinajstić information content (AvgIpc) is 2.37. The predicted molar refractivity (Wildman–Crippen MR) is 69.3 cm³/mol. The Morgan fingerprint density at radius 3 is 2.65 bits per heavy atom. The maximum atomic E-state index is 5.63. The highest BCUT2D eigenvalue weighted by atomic mass is 79.9. The van der Waals surface area contributed by atoms with Crippen LogP contribution in [-0.4, -0.2) is 12.1 Å². The van der Waals surface area contributed by atoms with Crippen molar-refractivity contribution in [2.75, 3.05) is 7.11 Å². The van der Waals surface area contributed by atoms with Crippen LogP contribution < -0.4 is 9.47 Å². The molecule has 0 atom stereocenters. The third kappa shape index (κ3) is 3.46. The van der Waals surface area contributed by atoms with Gasteiger partial charge < -0.3 is 9.47 Å². The second kappa shape index (κ2) is 5.68. The van der Waals surface area contributed by atoms with Crippen LogP contribution in [0.25, 0.3) is 0 Å². The zero-order valence-electron chi connectivity index (χ0n) is 9.39. The van der Waals surface area contributed by atoms with Gasteiger partial charge in [0, 0.05) is 6.07 Å². The normalized spacial score (nSPS) is 10.0. The van der Waals surface area contributed by atoms with E-state index in [1.54, 1.807) is 7.11 Å². The lowest BCUT2D eigenvalue weighted by atomic mass is 10.3. The van der Waals surface area contributed by atoms with Gasteiger partial charge in [-0.05, 0) is 40.2 Å². The van der Waals surface area contributed by atoms with Gasteiger partial charge in [0.05, 0.1) is 12.8 Å². The molecule has 0 spiro atoms. The molecule has 0 saturated heterocycles. The molecule has 0 unspecified atom stereocenters. The fraction of sp³-hybridized carbons (Fsp3) is 0.154. The molecule has 88 valence electrons. The van der Waals surface area contributed by atoms with E-state index in [1.165, 1.54) is 0 Å². The van der Waals surface area contributed by atoms with Gasteiger partial charge in [-0.15, -0.1) is 0 Å². The van der Waals surface area contributed by atoms with Crippen LogP contribution >= 0.6 is 15.9 Å². The Bertz CT molecular complexity index is 502. The molecule has 17 heavy (non-hydrogen) atoms. The highest BCUT2D eigenvalue weighted by molar-refractivity contribution is 9.10. The Kier molecular flexibility index (Phi) is 3.98. The molecule has 1 heterocycles. The van der Waals surface area contributed by atoms with Gasteiger partial charge in [-0.3, -0.25) is 0 Å². The third-order valence-corrected chi connectivity index (χ3v) is 2.64. The predicted octanol–water partition coefficient (Wildman–Crippen LogP) is 3.43. The summed E-state index contributed by atoms with van der Waals surface area (Å²) >= 11 is 3.32. The van der Waals surface area contributed by atoms with Crippen LogP contribution in [-0.2, 0) is 6.61 Å². The molecular formula is C13H12BrNO2. The molecule has 0 radical (unpaired) electrons. The number of benzene rings is 1. The van der Waals surface area contributed by atoms with Crippen LogP contribution in [0.1, 0.15) is 5.69 Å². The SMILES string of the molecule is COc1cccc(OCc2cccc(Br)n2)c1. The minimum absolute atomic E-state index is 0.437. The molecule has 2 aromatic rings. The van der Waals surface area contributed by atoms with E-state index in [1.807, 2.05) is 42.5 Å². The topological polar surface area (TPSA) is 31.4 Å². The molecule has 0 aliphatic rings. The number of nitrogens with zero attached hydrogens (tertiary/aromatic N) is 1. The Hall–Kier alpha value is -1.55. The van der Waals surface area contributed by atoms with Gasteiger partial charge in [-0.1, -0.05) is 12.1 Å². The summed E-state index contributed by atoms with van der Waals surface area (Å²) in [4.78, 5) is 4.29. The van der Waals surface area contributed by atoms with Crippen molar-refractivity contribution < 1.29 is 9.47 Å². The molecule has 2 rings (SSSR count). The molecule has 0 fully saturated rings. The number of aromatic nitrogens is 1. The van der Waals surface area contributed by atoms with Crippen molar-refractivity contribution in [3.8, 4) is 11.5 Å². The Morgan fingerprint density at radius 2 is 1.88 bits per heavy atom. The van der Waals surface area contributed by atoms with Crippen LogP contribution in [0.4, 0.5) is 0 Å². The van der Waals surface area contributed by atoms with Crippen molar-refractivity contribution in [2.45, 2.75) is 6.61 Å². The summed E-state index contributed by atoms with van der Waals surface area (Å²) in [6.07, 6.45) is 0. The first-order chi connectivity index (χ1) is 8.28. The van der Waals surface area contributed by atoms with E-state index in [9.17, 15) is 0 Å². The van der Waals surface area contributed by atoms with Crippen LogP contribution in [0.5, 0.6) is 11.5 Å². The van der Waals surface area contributed by atoms with Crippen molar-refractivity contribution in [1.29, 1.82) is 0 Å². The molecule has 0 bridgehead atoms. The molecule has 3 nitrogen and oxygen atoms in total. The zero-order valence-corrected chi connectivity index (χ0v) is 11.0. The van der Waals surface area contributed by atoms with Gasteiger partial charge in [-0.25, -0.2) is 4.98 Å². The highest BCUT2D eigenvalue weighted by Crippen LogP contribution is 2.19. The van der Waals surface area contributed by atoms with Gasteiger partial charge >= 0.3 is 0 Å². The lowest BCUT2D eigenvalue weighted by Crippen LogP contribution is -1.98. The second-order valence-electron chi connectivity index (χ2n) is 3.42. The van der Waals surface area contributed by atoms with Gasteiger partial charge in [0.15, 0.2) is 0 Å². The fourth-order valence-corrected chi connectivity index (χ4v) is 1.76. The second-order valence-corrected chi connectivity index (χ2v) is 4.23. The number of ether oxygens (including phenoxy) is 2. The van der Waals surface area contributed by atoms with Gasteiger partial charge in [0.25, 0.3) is 0 Å². The van der Waals surface area contributed by atoms with Crippen LogP contribution in [0.2, 0.25) is 0 Å². The number of halogens is 1. The molecule has 0 amide bonds. The van der Waals surface area contributed by atoms with E-state index in [-0.39, 0.29) is 0 Å². The summed E-state index contributed by atoms with van der Waals surface area (Å²) in [5, 5.41) is 0. The molecule has 0 N–H and O–H groups in total. The minimum atomic E-state index is 0.437. The summed E-state index contributed by atoms with van der Waals surface area (Å²) in [5.41, 5.74) is 0.877. The van der Waals surface area contributed by atoms with E-state index in [2.05, 4.69) is 20.9 Å². The number of methoxy groups -OCH3 is 1. The van der Waals surface area contributed by atoms with Crippen molar-refractivity contribution in [3.63, 3.8) is 0 Å². The number of hydrogen-bond acceptors (Lipinski definition) is 3. The summed E-state index contributed by atoms with van der Waals surface area (Å²) in [6.45, 7) is 0.437. The first kappa shape index (κ1) is 11.9. The third-order valence-electron chi connectivity index (χ3n) is 2.20. The zero-order chi connectivity index (χ0) is 12.1. The first-order valence-corrected chi connectivity index (χ1v) is 5.95. The number of pyridine rings is 1. The van der Waals surface area contributed by atoms with Crippen molar-refractivity contribution in [1.82, 2.24) is 4.98 Å². The number of rotatable bonds is 4. The Labute approximate surface area is 109 Å². The van der Waals surface area contributed by atoms with E-state index < -0.39 is 0 Å². The maximum absolute atomic E-state index is 5.63. The summed E-state index contributed by atoms with van der Waals surface area (Å²) in [6, 6.07) is 13.2. The molecular weight excluding hydrogens is 282 g/mol. The van der Waals surface area contributed by atoms with Gasteiger partial charge in [-0.2, -0.15) is 0 Å². The standard InChI is InChI=1S/C13H12BrNO2/c1-16-11-5-3-6-12(8-11)17-9-10-4-2-7-13(14)15-10/h2-8H,9H2,1H3. The first-order valence-electron chi connectivity index (χ1n) is 5.16. The molecule has 1 aromatic heterocycles. The van der Waals surface area contributed by atoms with Crippen LogP contribution in [0, 0.1) is 0 Å². The lowest BCUT2D eigenvalue weighted by Gasteiger charge is -2.07. The minimum Gasteiger partial charge on any atom is -0.497 e. The molecule has 4 heteroatoms. The quantitative estimate of drug-likeness (QED) is 0.810. The summed E-state index contributed by atoms with van der Waals surface area (Å²) in [5.74, 6) is 1.55. The maximum Gasteiger partial charge on any atom is 0.130 e. The molecule has 0 aliphatic heterocycles. The molecule has 1 aromatic carbocycles. The Morgan fingerprint density at radius 1 is 1.12 bits per heavy atom. The average molecular weight is 294 g/mol. The lowest BCUT2D eigenvalue weighted by molar-refractivity contribution is 0.298. The highest BCUT2D eigenvalue weighted by Gasteiger charge is 1.99. The van der Waals surface area contributed by atoms with Crippen molar-refractivity contribution in [3.05, 3.63) is 52.8 Å². The van der Waals surface area contributed by atoms with E-state index in [4.69, 9.17) is 9.47 Å². The van der Waals surface area contributed by atoms with E-state index >= 15 is 0 Å². The molecule has 0 saturated carbocycles. The van der Waals surface area contributed by atoms with Gasteiger partial charge in [0.2, 0.25) is 0 Å². The van der Waals surface area contributed by atoms with E-state index in [0.717, 1.165) is 21.8 Å². The smallest absolute Gasteiger partial charge is 0.130 e. The van der Waals surface area contributed by atoms with Crippen molar-refractivity contribution in [2.24, 2.45) is 0 Å². The molecule has 0 aliphatic carbocycles. The van der Waals surface area contributed by atoms with Crippen LogP contribution in [0.3, 0.4) is 0 Å². The monoisotopic (exact) mass is 293 g/mol. The van der Waals surface area contributed by atoms with Crippen LogP contribution in [0.15, 0.2) is 47.1 Å². The largest absolute Gasteiger partial charge is 0.497 e. The fourth-order valence-electron chi connectivity index (χ4n) is 1.38.